The van der Waals surface area contributed by atoms with Crippen LogP contribution >= 0.6 is 0 Å². The molecule has 4 aliphatic rings. The highest BCUT2D eigenvalue weighted by molar-refractivity contribution is 5.81. The highest BCUT2D eigenvalue weighted by atomic mass is 16.7. The van der Waals surface area contributed by atoms with Crippen LogP contribution in [-0.4, -0.2) is 43.8 Å². The standard InChI is InChI=1S/C28H44O5/c1-19(2)10-11-20(3)25(32-27-8-4-6-14-30-27)13-12-23-24-18-22(29)16-21(24)17-26(23)33-28-9-5-7-15-31-28/h10,12-13,20-21,23-28H,4-9,11,14-18H2,1-3H3/t20?,21-,23+,24-,25-,26+,27?,28?/m0/s1. The van der Waals surface area contributed by atoms with Gasteiger partial charge in [0.1, 0.15) is 5.78 Å². The summed E-state index contributed by atoms with van der Waals surface area (Å²) in [7, 11) is 0. The monoisotopic (exact) mass is 460 g/mol. The summed E-state index contributed by atoms with van der Waals surface area (Å²) in [6, 6.07) is 0. The smallest absolute Gasteiger partial charge is 0.158 e. The zero-order valence-corrected chi connectivity index (χ0v) is 20.9. The molecule has 2 heterocycles. The lowest BCUT2D eigenvalue weighted by atomic mass is 9.89. The summed E-state index contributed by atoms with van der Waals surface area (Å²) in [6.45, 7) is 8.14. The first-order valence-electron chi connectivity index (χ1n) is 13.4. The summed E-state index contributed by atoms with van der Waals surface area (Å²) in [5.41, 5.74) is 1.34. The lowest BCUT2D eigenvalue weighted by molar-refractivity contribution is -0.193. The maximum Gasteiger partial charge on any atom is 0.158 e. The van der Waals surface area contributed by atoms with Crippen LogP contribution in [0, 0.1) is 23.7 Å². The van der Waals surface area contributed by atoms with E-state index < -0.39 is 0 Å². The molecule has 33 heavy (non-hydrogen) atoms. The second-order valence-corrected chi connectivity index (χ2v) is 10.9. The topological polar surface area (TPSA) is 54.0 Å². The number of carbonyl (C=O) groups excluding carboxylic acids is 1. The van der Waals surface area contributed by atoms with Gasteiger partial charge in [-0.3, -0.25) is 4.79 Å². The van der Waals surface area contributed by atoms with Gasteiger partial charge >= 0.3 is 0 Å². The molecule has 0 aromatic rings. The van der Waals surface area contributed by atoms with E-state index in [1.165, 1.54) is 12.0 Å². The van der Waals surface area contributed by atoms with Crippen molar-refractivity contribution >= 4 is 5.78 Å². The van der Waals surface area contributed by atoms with E-state index in [2.05, 4.69) is 39.0 Å². The average Bonchev–Trinajstić information content (AvgIpc) is 3.31. The summed E-state index contributed by atoms with van der Waals surface area (Å²) in [5.74, 6) is 1.86. The Morgan fingerprint density at radius 3 is 2.45 bits per heavy atom. The van der Waals surface area contributed by atoms with Crippen LogP contribution in [0.25, 0.3) is 0 Å². The van der Waals surface area contributed by atoms with Gasteiger partial charge in [0.05, 0.1) is 12.2 Å². The van der Waals surface area contributed by atoms with Crippen LogP contribution in [0.2, 0.25) is 0 Å². The molecule has 5 heteroatoms. The van der Waals surface area contributed by atoms with E-state index in [0.717, 1.165) is 58.2 Å². The second-order valence-electron chi connectivity index (χ2n) is 10.9. The van der Waals surface area contributed by atoms with Gasteiger partial charge in [0.2, 0.25) is 0 Å². The molecular weight excluding hydrogens is 416 g/mol. The molecule has 0 amide bonds. The Bertz CT molecular complexity index is 684. The van der Waals surface area contributed by atoms with Crippen molar-refractivity contribution in [3.8, 4) is 0 Å². The Morgan fingerprint density at radius 2 is 1.79 bits per heavy atom. The Hall–Kier alpha value is -1.01. The molecule has 2 saturated carbocycles. The van der Waals surface area contributed by atoms with Crippen LogP contribution < -0.4 is 0 Å². The minimum atomic E-state index is -0.116. The van der Waals surface area contributed by atoms with Crippen LogP contribution in [0.5, 0.6) is 0 Å². The number of hydrogen-bond donors (Lipinski definition) is 0. The molecule has 0 radical (unpaired) electrons. The molecule has 4 rings (SSSR count). The van der Waals surface area contributed by atoms with Gasteiger partial charge in [-0.2, -0.15) is 0 Å². The number of rotatable bonds is 9. The molecule has 2 aliphatic heterocycles. The highest BCUT2D eigenvalue weighted by Gasteiger charge is 2.48. The minimum Gasteiger partial charge on any atom is -0.353 e. The number of ether oxygens (including phenoxy) is 4. The molecule has 0 aromatic heterocycles. The largest absolute Gasteiger partial charge is 0.353 e. The summed E-state index contributed by atoms with van der Waals surface area (Å²) in [5, 5.41) is 0. The predicted molar refractivity (Wildman–Crippen MR) is 129 cm³/mol. The van der Waals surface area contributed by atoms with Gasteiger partial charge in [0.25, 0.3) is 0 Å². The van der Waals surface area contributed by atoms with Crippen molar-refractivity contribution in [3.05, 3.63) is 23.8 Å². The molecule has 4 fully saturated rings. The molecule has 0 aromatic carbocycles. The molecule has 186 valence electrons. The summed E-state index contributed by atoms with van der Waals surface area (Å²) in [6.07, 6.45) is 16.7. The zero-order valence-electron chi connectivity index (χ0n) is 20.9. The SMILES string of the molecule is CC(C)=CCC(C)[C@H](C=C[C@@H]1[C@H]2CC(=O)C[C@H]2C[C@H]1OC1CCCCO1)OC1CCCCO1. The van der Waals surface area contributed by atoms with Crippen molar-refractivity contribution in [2.75, 3.05) is 13.2 Å². The van der Waals surface area contributed by atoms with Gasteiger partial charge in [-0.05, 0) is 83.0 Å². The maximum absolute atomic E-state index is 12.2. The molecule has 2 saturated heterocycles. The van der Waals surface area contributed by atoms with E-state index in [9.17, 15) is 4.79 Å². The van der Waals surface area contributed by atoms with E-state index in [1.807, 2.05) is 0 Å². The van der Waals surface area contributed by atoms with Crippen LogP contribution in [-0.2, 0) is 23.7 Å². The number of Topliss-reactive ketones (excluding diaryl/α,β-unsaturated/α-hetero) is 1. The van der Waals surface area contributed by atoms with E-state index >= 15 is 0 Å². The maximum atomic E-state index is 12.2. The molecule has 2 aliphatic carbocycles. The Morgan fingerprint density at radius 1 is 1.06 bits per heavy atom. The summed E-state index contributed by atoms with van der Waals surface area (Å²) in [4.78, 5) is 12.2. The molecule has 3 unspecified atom stereocenters. The van der Waals surface area contributed by atoms with Crippen molar-refractivity contribution in [1.82, 2.24) is 0 Å². The van der Waals surface area contributed by atoms with Gasteiger partial charge in [-0.1, -0.05) is 30.7 Å². The third-order valence-electron chi connectivity index (χ3n) is 7.91. The summed E-state index contributed by atoms with van der Waals surface area (Å²) < 4.78 is 24.8. The third-order valence-corrected chi connectivity index (χ3v) is 7.91. The molecule has 0 spiro atoms. The van der Waals surface area contributed by atoms with Crippen molar-refractivity contribution in [3.63, 3.8) is 0 Å². The molecule has 5 nitrogen and oxygen atoms in total. The number of allylic oxidation sites excluding steroid dienone is 2. The quantitative estimate of drug-likeness (QED) is 0.397. The van der Waals surface area contributed by atoms with Crippen LogP contribution in [0.4, 0.5) is 0 Å². The molecule has 8 atom stereocenters. The number of hydrogen-bond acceptors (Lipinski definition) is 5. The van der Waals surface area contributed by atoms with Gasteiger partial charge in [-0.25, -0.2) is 0 Å². The first-order valence-corrected chi connectivity index (χ1v) is 13.4. The lowest BCUT2D eigenvalue weighted by Crippen LogP contribution is -2.32. The molecular formula is C28H44O5. The van der Waals surface area contributed by atoms with E-state index in [4.69, 9.17) is 18.9 Å². The van der Waals surface area contributed by atoms with Gasteiger partial charge < -0.3 is 18.9 Å². The van der Waals surface area contributed by atoms with Crippen LogP contribution in [0.15, 0.2) is 23.8 Å². The third kappa shape index (κ3) is 7.00. The summed E-state index contributed by atoms with van der Waals surface area (Å²) >= 11 is 0. The fourth-order valence-corrected chi connectivity index (χ4v) is 5.98. The van der Waals surface area contributed by atoms with E-state index in [1.54, 1.807) is 0 Å². The second kappa shape index (κ2) is 12.1. The van der Waals surface area contributed by atoms with Crippen LogP contribution in [0.3, 0.4) is 0 Å². The minimum absolute atomic E-state index is 0.00793. The normalized spacial score (nSPS) is 36.6. The Labute approximate surface area is 200 Å². The zero-order chi connectivity index (χ0) is 23.2. The Kier molecular flexibility index (Phi) is 9.20. The highest BCUT2D eigenvalue weighted by Crippen LogP contribution is 2.48. The van der Waals surface area contributed by atoms with Gasteiger partial charge in [0.15, 0.2) is 12.6 Å². The van der Waals surface area contributed by atoms with Crippen LogP contribution in [0.1, 0.15) is 85.0 Å². The van der Waals surface area contributed by atoms with Crippen molar-refractivity contribution in [2.45, 2.75) is 110 Å². The lowest BCUT2D eigenvalue weighted by Gasteiger charge is -2.31. The van der Waals surface area contributed by atoms with Crippen molar-refractivity contribution in [1.29, 1.82) is 0 Å². The molecule has 0 N–H and O–H groups in total. The first-order chi connectivity index (χ1) is 16.0. The van der Waals surface area contributed by atoms with Gasteiger partial charge in [-0.15, -0.1) is 0 Å². The molecule has 0 bridgehead atoms. The average molecular weight is 461 g/mol. The fourth-order valence-electron chi connectivity index (χ4n) is 5.98. The van der Waals surface area contributed by atoms with E-state index in [0.29, 0.717) is 36.4 Å². The number of carbonyl (C=O) groups is 1. The number of ketones is 1. The fraction of sp³-hybridized carbons (Fsp3) is 0.821. The van der Waals surface area contributed by atoms with E-state index in [-0.39, 0.29) is 30.7 Å². The van der Waals surface area contributed by atoms with Crippen molar-refractivity contribution < 1.29 is 23.7 Å². The van der Waals surface area contributed by atoms with Crippen molar-refractivity contribution in [2.24, 2.45) is 23.7 Å². The first kappa shape index (κ1) is 25.1. The number of fused-ring (bicyclic) bond motifs is 1. The Balaban J connectivity index is 1.47. The predicted octanol–water partition coefficient (Wildman–Crippen LogP) is 5.97. The van der Waals surface area contributed by atoms with Gasteiger partial charge in [0, 0.05) is 32.0 Å².